The molecule has 2 bridgehead atoms. The minimum absolute atomic E-state index is 0. The quantitative estimate of drug-likeness (QED) is 0.457. The van der Waals surface area contributed by atoms with Gasteiger partial charge in [-0.15, -0.1) is 0 Å². The van der Waals surface area contributed by atoms with Crippen LogP contribution in [0.4, 0.5) is 0 Å². The van der Waals surface area contributed by atoms with Crippen molar-refractivity contribution in [1.82, 2.24) is 0 Å². The molecule has 2 saturated carbocycles. The normalized spacial score (nSPS) is 38.2. The topological polar surface area (TPSA) is 97.3 Å². The van der Waals surface area contributed by atoms with Crippen LogP contribution in [0.25, 0.3) is 0 Å². The fourth-order valence-corrected chi connectivity index (χ4v) is 3.12. The zero-order valence-corrected chi connectivity index (χ0v) is 14.2. The maximum absolute atomic E-state index is 11.7. The van der Waals surface area contributed by atoms with Crippen LogP contribution in [-0.2, 0) is 14.4 Å². The van der Waals surface area contributed by atoms with Gasteiger partial charge in [-0.1, -0.05) is 6.92 Å². The minimum atomic E-state index is -1.46. The van der Waals surface area contributed by atoms with Crippen LogP contribution in [0.2, 0.25) is 0 Å². The monoisotopic (exact) mass is 256 g/mol. The van der Waals surface area contributed by atoms with Crippen LogP contribution in [0.1, 0.15) is 19.8 Å². The summed E-state index contributed by atoms with van der Waals surface area (Å²) in [5.41, 5.74) is -1.06. The summed E-state index contributed by atoms with van der Waals surface area (Å²) in [6, 6.07) is 0. The fraction of sp³-hybridized carbons (Fsp3) is 0.700. The van der Waals surface area contributed by atoms with Crippen molar-refractivity contribution in [3.63, 3.8) is 0 Å². The van der Waals surface area contributed by atoms with Gasteiger partial charge in [-0.05, 0) is 12.8 Å². The molecular weight excluding hydrogens is 246 g/mol. The Hall–Kier alpha value is 0.610. The van der Waals surface area contributed by atoms with Crippen molar-refractivity contribution < 1.29 is 83.7 Å². The number of fused-ring (bicyclic) bond motifs is 2. The molecule has 2 aliphatic carbocycles. The van der Waals surface area contributed by atoms with Crippen molar-refractivity contribution >= 4 is 17.7 Å². The van der Waals surface area contributed by atoms with Crippen LogP contribution in [0.5, 0.6) is 0 Å². The molecule has 0 aliphatic heterocycles. The molecule has 2 aliphatic rings. The Morgan fingerprint density at radius 2 is 1.76 bits per heavy atom. The fourth-order valence-electron chi connectivity index (χ4n) is 3.12. The van der Waals surface area contributed by atoms with Gasteiger partial charge in [0.1, 0.15) is 5.78 Å². The molecule has 17 heavy (non-hydrogen) atoms. The Bertz CT molecular complexity index is 370. The van der Waals surface area contributed by atoms with Crippen LogP contribution in [-0.4, -0.2) is 17.7 Å². The van der Waals surface area contributed by atoms with E-state index in [-0.39, 0.29) is 64.9 Å². The van der Waals surface area contributed by atoms with Gasteiger partial charge in [-0.25, -0.2) is 0 Å². The third-order valence-electron chi connectivity index (χ3n) is 3.88. The molecule has 0 aromatic heterocycles. The molecular formula is C10H10Na2O5. The van der Waals surface area contributed by atoms with Crippen molar-refractivity contribution in [2.75, 3.05) is 0 Å². The first-order chi connectivity index (χ1) is 6.89. The zero-order valence-electron chi connectivity index (χ0n) is 10.2. The van der Waals surface area contributed by atoms with Crippen LogP contribution in [0, 0.1) is 23.2 Å². The largest absolute Gasteiger partial charge is 1.00 e. The van der Waals surface area contributed by atoms with Crippen molar-refractivity contribution in [2.24, 2.45) is 23.2 Å². The molecule has 0 spiro atoms. The Labute approximate surface area is 143 Å². The first kappa shape index (κ1) is 17.6. The summed E-state index contributed by atoms with van der Waals surface area (Å²) in [6.45, 7) is 1.51. The smallest absolute Gasteiger partial charge is 0.550 e. The van der Waals surface area contributed by atoms with Gasteiger partial charge in [0.15, 0.2) is 0 Å². The van der Waals surface area contributed by atoms with Gasteiger partial charge in [0.2, 0.25) is 0 Å². The number of carboxylic acid groups (broad SMARTS) is 2. The van der Waals surface area contributed by atoms with Gasteiger partial charge in [-0.2, -0.15) is 0 Å². The van der Waals surface area contributed by atoms with Crippen molar-refractivity contribution in [1.29, 1.82) is 0 Å². The summed E-state index contributed by atoms with van der Waals surface area (Å²) in [6.07, 6.45) is 0.872. The maximum atomic E-state index is 11.7. The van der Waals surface area contributed by atoms with E-state index in [0.717, 1.165) is 0 Å². The van der Waals surface area contributed by atoms with Gasteiger partial charge in [0.05, 0.1) is 0 Å². The minimum Gasteiger partial charge on any atom is -0.550 e. The second kappa shape index (κ2) is 5.72. The number of carbonyl (C=O) groups is 3. The van der Waals surface area contributed by atoms with Crippen molar-refractivity contribution in [3.05, 3.63) is 0 Å². The molecule has 82 valence electrons. The van der Waals surface area contributed by atoms with E-state index < -0.39 is 35.1 Å². The molecule has 4 atom stereocenters. The average Bonchev–Trinajstić information content (AvgIpc) is 2.52. The van der Waals surface area contributed by atoms with E-state index in [1.165, 1.54) is 6.92 Å². The summed E-state index contributed by atoms with van der Waals surface area (Å²) in [4.78, 5) is 33.5. The summed E-state index contributed by atoms with van der Waals surface area (Å²) in [5.74, 6) is -6.29. The van der Waals surface area contributed by atoms with E-state index in [0.29, 0.717) is 12.8 Å². The number of aliphatic carboxylic acids is 2. The molecule has 5 nitrogen and oxygen atoms in total. The van der Waals surface area contributed by atoms with Gasteiger partial charge in [-0.3, -0.25) is 4.79 Å². The van der Waals surface area contributed by atoms with Crippen molar-refractivity contribution in [2.45, 2.75) is 19.8 Å². The van der Waals surface area contributed by atoms with Crippen LogP contribution in [0.15, 0.2) is 0 Å². The molecule has 4 unspecified atom stereocenters. The number of rotatable bonds is 2. The maximum Gasteiger partial charge on any atom is 1.00 e. The molecule has 2 rings (SSSR count). The zero-order chi connectivity index (χ0) is 11.4. The molecule has 0 heterocycles. The standard InChI is InChI=1S/C10H12O5.2Na/c1-10-3-2-4(7(10)11)5(8(12)13)6(10)9(14)15;;/h4-6H,2-3H2,1H3,(H,12,13)(H,14,15);;/q;2*+1/p-2. The third kappa shape index (κ3) is 2.38. The Balaban J connectivity index is 0.00000128. The van der Waals surface area contributed by atoms with Gasteiger partial charge < -0.3 is 19.8 Å². The molecule has 2 fully saturated rings. The summed E-state index contributed by atoms with van der Waals surface area (Å²) in [5, 5.41) is 21.7. The number of hydrogen-bond donors (Lipinski definition) is 0. The predicted molar refractivity (Wildman–Crippen MR) is 42.8 cm³/mol. The molecule has 0 amide bonds. The van der Waals surface area contributed by atoms with E-state index in [9.17, 15) is 24.6 Å². The molecule has 0 radical (unpaired) electrons. The summed E-state index contributed by atoms with van der Waals surface area (Å²) in [7, 11) is 0. The van der Waals surface area contributed by atoms with E-state index in [1.807, 2.05) is 0 Å². The number of ketones is 1. The molecule has 0 aromatic carbocycles. The Morgan fingerprint density at radius 3 is 2.12 bits per heavy atom. The van der Waals surface area contributed by atoms with E-state index in [2.05, 4.69) is 0 Å². The van der Waals surface area contributed by atoms with E-state index >= 15 is 0 Å². The number of carbonyl (C=O) groups excluding carboxylic acids is 3. The SMILES string of the molecule is CC12CCC(C1=O)C(C(=O)[O-])C2C(=O)[O-].[Na+].[Na+]. The van der Waals surface area contributed by atoms with Crippen LogP contribution < -0.4 is 69.3 Å². The van der Waals surface area contributed by atoms with Crippen LogP contribution >= 0.6 is 0 Å². The number of hydrogen-bond acceptors (Lipinski definition) is 5. The predicted octanol–water partition coefficient (Wildman–Crippen LogP) is -8.27. The molecule has 0 N–H and O–H groups in total. The van der Waals surface area contributed by atoms with E-state index in [4.69, 9.17) is 0 Å². The third-order valence-corrected chi connectivity index (χ3v) is 3.88. The van der Waals surface area contributed by atoms with Crippen molar-refractivity contribution in [3.8, 4) is 0 Å². The molecule has 0 aromatic rings. The second-order valence-corrected chi connectivity index (χ2v) is 4.57. The summed E-state index contributed by atoms with van der Waals surface area (Å²) >= 11 is 0. The molecule has 0 saturated heterocycles. The second-order valence-electron chi connectivity index (χ2n) is 4.57. The number of Topliss-reactive ketones (excluding diaryl/α,β-unsaturated/α-hetero) is 1. The van der Waals surface area contributed by atoms with Gasteiger partial charge >= 0.3 is 59.1 Å². The van der Waals surface area contributed by atoms with Gasteiger partial charge in [0, 0.05) is 35.1 Å². The average molecular weight is 256 g/mol. The first-order valence-corrected chi connectivity index (χ1v) is 4.85. The Morgan fingerprint density at radius 1 is 1.24 bits per heavy atom. The Kier molecular flexibility index (Phi) is 5.92. The van der Waals surface area contributed by atoms with Crippen LogP contribution in [0.3, 0.4) is 0 Å². The van der Waals surface area contributed by atoms with E-state index in [1.54, 1.807) is 0 Å². The number of carboxylic acids is 2. The first-order valence-electron chi connectivity index (χ1n) is 4.85. The summed E-state index contributed by atoms with van der Waals surface area (Å²) < 4.78 is 0. The van der Waals surface area contributed by atoms with Gasteiger partial charge in [0.25, 0.3) is 0 Å². The molecule has 7 heteroatoms.